The lowest BCUT2D eigenvalue weighted by Crippen LogP contribution is -2.60. The quantitative estimate of drug-likeness (QED) is 0.196. The Morgan fingerprint density at radius 2 is 1.77 bits per heavy atom. The number of rotatable bonds is 14. The number of hydrogen-bond donors (Lipinski definition) is 2. The number of ether oxygens (including phenoxy) is 3. The number of fused-ring (bicyclic) bond motifs is 2. The molecule has 47 heavy (non-hydrogen) atoms. The lowest BCUT2D eigenvalue weighted by molar-refractivity contribution is -0.128. The molecule has 1 saturated heterocycles. The average molecular weight is 701 g/mol. The van der Waals surface area contributed by atoms with Crippen molar-refractivity contribution in [2.45, 2.75) is 63.7 Å². The number of hydrogen-bond acceptors (Lipinski definition) is 8. The van der Waals surface area contributed by atoms with Crippen molar-refractivity contribution >= 4 is 46.3 Å². The van der Waals surface area contributed by atoms with Crippen molar-refractivity contribution in [1.29, 1.82) is 0 Å². The Morgan fingerprint density at radius 3 is 2.49 bits per heavy atom. The Morgan fingerprint density at radius 1 is 0.979 bits per heavy atom. The molecule has 1 aliphatic carbocycles. The molecule has 0 radical (unpaired) electrons. The molecule has 2 atom stereocenters. The Labute approximate surface area is 290 Å². The van der Waals surface area contributed by atoms with E-state index in [0.717, 1.165) is 72.2 Å². The second kappa shape index (κ2) is 15.5. The maximum Gasteiger partial charge on any atom is 0.252 e. The summed E-state index contributed by atoms with van der Waals surface area (Å²) < 4.78 is 16.8. The number of aryl methyl sites for hydroxylation is 2. The first-order valence-electron chi connectivity index (χ1n) is 16.1. The van der Waals surface area contributed by atoms with E-state index < -0.39 is 0 Å². The van der Waals surface area contributed by atoms with Crippen LogP contribution in [0.1, 0.15) is 48.1 Å². The maximum atomic E-state index is 14.5. The third-order valence-corrected chi connectivity index (χ3v) is 9.60. The molecule has 1 saturated carbocycles. The van der Waals surface area contributed by atoms with Crippen LogP contribution < -0.4 is 20.1 Å². The predicted octanol–water partition coefficient (Wildman–Crippen LogP) is 6.06. The zero-order valence-electron chi connectivity index (χ0n) is 26.7. The molecule has 250 valence electrons. The van der Waals surface area contributed by atoms with Crippen LogP contribution in [-0.4, -0.2) is 78.9 Å². The van der Waals surface area contributed by atoms with Gasteiger partial charge in [0.15, 0.2) is 5.75 Å². The van der Waals surface area contributed by atoms with Crippen LogP contribution in [0.5, 0.6) is 11.6 Å². The normalized spacial score (nSPS) is 19.1. The standard InChI is InChI=1S/C35H40Cl3N5O4/c1-21-12-28(36)34(29(37)13-21)47-11-10-46-32-8-5-22(16-41-32)27-15-25-17-39-19-31(42-25)33(27)35(44)43(26-6-7-26)20-23-14-24(4-3-9-45-2)40-18-30(23)38/h5,8,12-14,16,18,25-26,31,39,42H,3-4,6-7,9-11,15,17,19-20H2,1-2H3/t25-,31-/m0/s1. The van der Waals surface area contributed by atoms with E-state index in [0.29, 0.717) is 46.4 Å². The molecule has 3 aromatic rings. The van der Waals surface area contributed by atoms with Crippen LogP contribution in [0, 0.1) is 6.92 Å². The topological polar surface area (TPSA) is 97.8 Å². The summed E-state index contributed by atoms with van der Waals surface area (Å²) in [5, 5.41) is 8.69. The number of piperazine rings is 1. The molecule has 2 aliphatic heterocycles. The molecule has 2 fully saturated rings. The van der Waals surface area contributed by atoms with Crippen molar-refractivity contribution in [1.82, 2.24) is 25.5 Å². The Balaban J connectivity index is 1.18. The molecule has 0 spiro atoms. The highest BCUT2D eigenvalue weighted by Crippen LogP contribution is 2.37. The summed E-state index contributed by atoms with van der Waals surface area (Å²) in [6.07, 6.45) is 7.85. The van der Waals surface area contributed by atoms with Crippen molar-refractivity contribution in [3.63, 3.8) is 0 Å². The van der Waals surface area contributed by atoms with Crippen LogP contribution in [0.25, 0.3) is 5.57 Å². The number of methoxy groups -OCH3 is 1. The summed E-state index contributed by atoms with van der Waals surface area (Å²) in [4.78, 5) is 25.6. The van der Waals surface area contributed by atoms with Gasteiger partial charge in [-0.25, -0.2) is 4.98 Å². The van der Waals surface area contributed by atoms with E-state index in [1.165, 1.54) is 0 Å². The molecule has 12 heteroatoms. The van der Waals surface area contributed by atoms with E-state index in [4.69, 9.17) is 49.0 Å². The van der Waals surface area contributed by atoms with Gasteiger partial charge in [0.2, 0.25) is 5.88 Å². The van der Waals surface area contributed by atoms with Gasteiger partial charge in [0.05, 0.1) is 21.1 Å². The minimum Gasteiger partial charge on any atom is -0.487 e. The number of amides is 1. The smallest absolute Gasteiger partial charge is 0.252 e. The molecule has 3 aliphatic rings. The molecule has 2 aromatic heterocycles. The Kier molecular flexibility index (Phi) is 11.2. The van der Waals surface area contributed by atoms with Crippen LogP contribution in [0.3, 0.4) is 0 Å². The van der Waals surface area contributed by atoms with Crippen molar-refractivity contribution in [2.75, 3.05) is 40.0 Å². The van der Waals surface area contributed by atoms with E-state index >= 15 is 0 Å². The SMILES string of the molecule is COCCCc1cc(CN(C(=O)C2=C(c3ccc(OCCOc4c(Cl)cc(C)cc4Cl)nc3)C[C@H]3CNC[C@@H]2N3)C2CC2)c(Cl)cn1. The van der Waals surface area contributed by atoms with E-state index in [1.807, 2.05) is 42.2 Å². The molecular formula is C35H40Cl3N5O4. The lowest BCUT2D eigenvalue weighted by Gasteiger charge is -2.40. The summed E-state index contributed by atoms with van der Waals surface area (Å²) in [6, 6.07) is 9.79. The summed E-state index contributed by atoms with van der Waals surface area (Å²) in [7, 11) is 1.70. The minimum absolute atomic E-state index is 0.0434. The van der Waals surface area contributed by atoms with Gasteiger partial charge in [0, 0.05) is 75.2 Å². The maximum absolute atomic E-state index is 14.5. The van der Waals surface area contributed by atoms with Gasteiger partial charge < -0.3 is 29.7 Å². The van der Waals surface area contributed by atoms with E-state index in [-0.39, 0.29) is 37.2 Å². The first-order chi connectivity index (χ1) is 22.8. The van der Waals surface area contributed by atoms with E-state index in [2.05, 4.69) is 20.6 Å². The van der Waals surface area contributed by atoms with Gasteiger partial charge in [-0.05, 0) is 85.6 Å². The molecule has 2 N–H and O–H groups in total. The van der Waals surface area contributed by atoms with Gasteiger partial charge in [0.25, 0.3) is 5.91 Å². The molecule has 2 bridgehead atoms. The first-order valence-corrected chi connectivity index (χ1v) is 17.2. The average Bonchev–Trinajstić information content (AvgIpc) is 3.90. The van der Waals surface area contributed by atoms with E-state index in [9.17, 15) is 4.79 Å². The van der Waals surface area contributed by atoms with Gasteiger partial charge in [-0.2, -0.15) is 0 Å². The van der Waals surface area contributed by atoms with Crippen LogP contribution in [0.15, 0.2) is 48.3 Å². The van der Waals surface area contributed by atoms with Crippen LogP contribution in [-0.2, 0) is 22.5 Å². The highest BCUT2D eigenvalue weighted by Gasteiger charge is 2.41. The van der Waals surface area contributed by atoms with Crippen molar-refractivity contribution in [3.05, 3.63) is 85.8 Å². The van der Waals surface area contributed by atoms with Crippen LogP contribution in [0.2, 0.25) is 15.1 Å². The molecule has 9 nitrogen and oxygen atoms in total. The first kappa shape index (κ1) is 34.0. The van der Waals surface area contributed by atoms with Gasteiger partial charge in [-0.1, -0.05) is 34.8 Å². The third kappa shape index (κ3) is 8.39. The number of aromatic nitrogens is 2. The molecule has 1 aromatic carbocycles. The van der Waals surface area contributed by atoms with Gasteiger partial charge in [-0.3, -0.25) is 9.78 Å². The number of pyridine rings is 2. The monoisotopic (exact) mass is 699 g/mol. The fourth-order valence-corrected chi connectivity index (χ4v) is 7.14. The largest absolute Gasteiger partial charge is 0.487 e. The summed E-state index contributed by atoms with van der Waals surface area (Å²) in [6.45, 7) is 5.08. The summed E-state index contributed by atoms with van der Waals surface area (Å²) in [5.41, 5.74) is 5.57. The van der Waals surface area contributed by atoms with Crippen LogP contribution in [0.4, 0.5) is 0 Å². The Hall–Kier alpha value is -2.92. The molecule has 1 amide bonds. The molecule has 0 unspecified atom stereocenters. The number of carbonyl (C=O) groups excluding carboxylic acids is 1. The highest BCUT2D eigenvalue weighted by atomic mass is 35.5. The predicted molar refractivity (Wildman–Crippen MR) is 185 cm³/mol. The van der Waals surface area contributed by atoms with Crippen molar-refractivity contribution < 1.29 is 19.0 Å². The Bertz CT molecular complexity index is 1590. The lowest BCUT2D eigenvalue weighted by atomic mass is 9.84. The number of nitrogens with one attached hydrogen (secondary N) is 2. The van der Waals surface area contributed by atoms with Crippen molar-refractivity contribution in [2.24, 2.45) is 0 Å². The summed E-state index contributed by atoms with van der Waals surface area (Å²) >= 11 is 19.2. The number of halogens is 3. The van der Waals surface area contributed by atoms with Crippen molar-refractivity contribution in [3.8, 4) is 11.6 Å². The second-order valence-corrected chi connectivity index (χ2v) is 13.6. The number of nitrogens with zero attached hydrogens (tertiary/aromatic N) is 3. The van der Waals surface area contributed by atoms with E-state index in [1.54, 1.807) is 19.5 Å². The molecular weight excluding hydrogens is 661 g/mol. The van der Waals surface area contributed by atoms with Crippen LogP contribution >= 0.6 is 34.8 Å². The molecule has 4 heterocycles. The highest BCUT2D eigenvalue weighted by molar-refractivity contribution is 6.37. The zero-order valence-corrected chi connectivity index (χ0v) is 28.9. The fraction of sp³-hybridized carbons (Fsp3) is 0.457. The van der Waals surface area contributed by atoms with Gasteiger partial charge in [0.1, 0.15) is 13.2 Å². The summed E-state index contributed by atoms with van der Waals surface area (Å²) in [5.74, 6) is 0.952. The van der Waals surface area contributed by atoms with Gasteiger partial charge in [-0.15, -0.1) is 0 Å². The fourth-order valence-electron chi connectivity index (χ4n) is 6.27. The number of benzene rings is 1. The third-order valence-electron chi connectivity index (χ3n) is 8.70. The second-order valence-electron chi connectivity index (χ2n) is 12.3. The zero-order chi connectivity index (χ0) is 32.9. The minimum atomic E-state index is -0.0998. The number of carbonyl (C=O) groups is 1. The molecule has 6 rings (SSSR count). The van der Waals surface area contributed by atoms with Gasteiger partial charge >= 0.3 is 0 Å².